The first-order chi connectivity index (χ1) is 11.5. The number of hydrogen-bond donors (Lipinski definition) is 2. The SMILES string of the molecule is Cc1noc(CCC(=O)NCCNC(=O)c2ccc(Cl)c(Cl)c2)n1. The molecule has 2 aromatic rings. The number of hydrogen-bond acceptors (Lipinski definition) is 5. The molecule has 24 heavy (non-hydrogen) atoms. The number of carbonyl (C=O) groups is 2. The maximum Gasteiger partial charge on any atom is 0.251 e. The molecule has 2 rings (SSSR count). The summed E-state index contributed by atoms with van der Waals surface area (Å²) in [4.78, 5) is 27.6. The standard InChI is InChI=1S/C15H16Cl2N4O3/c1-9-20-14(24-21-9)5-4-13(22)18-6-7-19-15(23)10-2-3-11(16)12(17)8-10/h2-3,8H,4-7H2,1H3,(H,18,22)(H,19,23). The molecule has 1 aromatic heterocycles. The minimum Gasteiger partial charge on any atom is -0.354 e. The fourth-order valence-electron chi connectivity index (χ4n) is 1.87. The molecule has 7 nitrogen and oxygen atoms in total. The van der Waals surface area contributed by atoms with Crippen molar-refractivity contribution in [3.05, 3.63) is 45.5 Å². The fourth-order valence-corrected chi connectivity index (χ4v) is 2.17. The van der Waals surface area contributed by atoms with Crippen molar-refractivity contribution < 1.29 is 14.1 Å². The number of halogens is 2. The highest BCUT2D eigenvalue weighted by atomic mass is 35.5. The van der Waals surface area contributed by atoms with Crippen LogP contribution in [0.1, 0.15) is 28.5 Å². The van der Waals surface area contributed by atoms with Crippen molar-refractivity contribution in [3.8, 4) is 0 Å². The number of carbonyl (C=O) groups excluding carboxylic acids is 2. The van der Waals surface area contributed by atoms with E-state index in [1.807, 2.05) is 0 Å². The van der Waals surface area contributed by atoms with E-state index in [-0.39, 0.29) is 18.2 Å². The summed E-state index contributed by atoms with van der Waals surface area (Å²) in [5.74, 6) is 0.518. The number of amides is 2. The zero-order chi connectivity index (χ0) is 17.5. The van der Waals surface area contributed by atoms with Crippen LogP contribution in [0.4, 0.5) is 0 Å². The Kier molecular flexibility index (Phi) is 6.57. The third kappa shape index (κ3) is 5.50. The van der Waals surface area contributed by atoms with E-state index in [1.165, 1.54) is 6.07 Å². The Labute approximate surface area is 148 Å². The van der Waals surface area contributed by atoms with Crippen LogP contribution in [0.2, 0.25) is 10.0 Å². The molecule has 0 saturated heterocycles. The largest absolute Gasteiger partial charge is 0.354 e. The van der Waals surface area contributed by atoms with E-state index in [0.29, 0.717) is 46.8 Å². The summed E-state index contributed by atoms with van der Waals surface area (Å²) in [5.41, 5.74) is 0.405. The molecule has 128 valence electrons. The number of nitrogens with one attached hydrogen (secondary N) is 2. The molecule has 0 aliphatic heterocycles. The zero-order valence-electron chi connectivity index (χ0n) is 12.9. The summed E-state index contributed by atoms with van der Waals surface area (Å²) in [6, 6.07) is 4.62. The smallest absolute Gasteiger partial charge is 0.251 e. The van der Waals surface area contributed by atoms with E-state index in [4.69, 9.17) is 27.7 Å². The van der Waals surface area contributed by atoms with Crippen molar-refractivity contribution in [1.29, 1.82) is 0 Å². The minimum atomic E-state index is -0.288. The van der Waals surface area contributed by atoms with Gasteiger partial charge in [-0.2, -0.15) is 4.98 Å². The molecule has 0 spiro atoms. The molecule has 0 atom stereocenters. The van der Waals surface area contributed by atoms with Crippen LogP contribution in [0.3, 0.4) is 0 Å². The van der Waals surface area contributed by atoms with Crippen molar-refractivity contribution in [1.82, 2.24) is 20.8 Å². The summed E-state index contributed by atoms with van der Waals surface area (Å²) < 4.78 is 4.92. The van der Waals surface area contributed by atoms with E-state index in [1.54, 1.807) is 19.1 Å². The Hall–Kier alpha value is -2.12. The van der Waals surface area contributed by atoms with E-state index >= 15 is 0 Å². The fraction of sp³-hybridized carbons (Fsp3) is 0.333. The lowest BCUT2D eigenvalue weighted by atomic mass is 10.2. The zero-order valence-corrected chi connectivity index (χ0v) is 14.4. The Morgan fingerprint density at radius 3 is 2.58 bits per heavy atom. The molecule has 2 amide bonds. The Morgan fingerprint density at radius 2 is 1.92 bits per heavy atom. The van der Waals surface area contributed by atoms with Gasteiger partial charge in [0.15, 0.2) is 5.82 Å². The first-order valence-corrected chi connectivity index (χ1v) is 8.00. The quantitative estimate of drug-likeness (QED) is 0.727. The first-order valence-electron chi connectivity index (χ1n) is 7.25. The lowest BCUT2D eigenvalue weighted by Crippen LogP contribution is -2.34. The van der Waals surface area contributed by atoms with Crippen LogP contribution in [0.25, 0.3) is 0 Å². The number of aromatic nitrogens is 2. The lowest BCUT2D eigenvalue weighted by Gasteiger charge is -2.07. The van der Waals surface area contributed by atoms with Gasteiger partial charge in [-0.25, -0.2) is 0 Å². The molecule has 1 aromatic carbocycles. The van der Waals surface area contributed by atoms with Gasteiger partial charge in [-0.05, 0) is 25.1 Å². The molecule has 0 aliphatic carbocycles. The number of aryl methyl sites for hydroxylation is 2. The van der Waals surface area contributed by atoms with Crippen molar-refractivity contribution in [2.24, 2.45) is 0 Å². The molecule has 0 saturated carbocycles. The van der Waals surface area contributed by atoms with Crippen LogP contribution in [-0.2, 0) is 11.2 Å². The third-order valence-corrected chi connectivity index (χ3v) is 3.79. The minimum absolute atomic E-state index is 0.158. The summed E-state index contributed by atoms with van der Waals surface area (Å²) in [7, 11) is 0. The Balaban J connectivity index is 1.65. The summed E-state index contributed by atoms with van der Waals surface area (Å²) in [6.45, 7) is 2.32. The molecule has 0 radical (unpaired) electrons. The van der Waals surface area contributed by atoms with Gasteiger partial charge in [0, 0.05) is 31.5 Å². The van der Waals surface area contributed by atoms with Gasteiger partial charge in [0.1, 0.15) is 0 Å². The van der Waals surface area contributed by atoms with E-state index in [2.05, 4.69) is 20.8 Å². The van der Waals surface area contributed by atoms with Crippen molar-refractivity contribution >= 4 is 35.0 Å². The summed E-state index contributed by atoms with van der Waals surface area (Å²) in [6.07, 6.45) is 0.616. The van der Waals surface area contributed by atoms with E-state index < -0.39 is 0 Å². The molecule has 0 unspecified atom stereocenters. The topological polar surface area (TPSA) is 97.1 Å². The van der Waals surface area contributed by atoms with Crippen LogP contribution in [-0.4, -0.2) is 35.0 Å². The van der Waals surface area contributed by atoms with E-state index in [0.717, 1.165) is 0 Å². The van der Waals surface area contributed by atoms with Crippen molar-refractivity contribution in [2.75, 3.05) is 13.1 Å². The van der Waals surface area contributed by atoms with Gasteiger partial charge in [-0.1, -0.05) is 28.4 Å². The number of rotatable bonds is 7. The first kappa shape index (κ1) is 18.2. The number of benzene rings is 1. The monoisotopic (exact) mass is 370 g/mol. The average molecular weight is 371 g/mol. The second kappa shape index (κ2) is 8.65. The van der Waals surface area contributed by atoms with Gasteiger partial charge in [0.25, 0.3) is 5.91 Å². The van der Waals surface area contributed by atoms with Gasteiger partial charge >= 0.3 is 0 Å². The molecule has 0 fully saturated rings. The average Bonchev–Trinajstić information content (AvgIpc) is 2.97. The van der Waals surface area contributed by atoms with Crippen LogP contribution in [0.5, 0.6) is 0 Å². The van der Waals surface area contributed by atoms with Gasteiger partial charge in [-0.3, -0.25) is 9.59 Å². The van der Waals surface area contributed by atoms with Gasteiger partial charge in [0.05, 0.1) is 10.0 Å². The van der Waals surface area contributed by atoms with Gasteiger partial charge in [0.2, 0.25) is 11.8 Å². The molecule has 2 N–H and O–H groups in total. The van der Waals surface area contributed by atoms with Gasteiger partial charge < -0.3 is 15.2 Å². The lowest BCUT2D eigenvalue weighted by molar-refractivity contribution is -0.121. The van der Waals surface area contributed by atoms with Crippen LogP contribution >= 0.6 is 23.2 Å². The molecule has 9 heteroatoms. The van der Waals surface area contributed by atoms with Crippen molar-refractivity contribution in [3.63, 3.8) is 0 Å². The predicted octanol–water partition coefficient (Wildman–Crippen LogP) is 2.16. The molecular formula is C15H16Cl2N4O3. The highest BCUT2D eigenvalue weighted by molar-refractivity contribution is 6.42. The summed E-state index contributed by atoms with van der Waals surface area (Å²) in [5, 5.41) is 9.72. The molecular weight excluding hydrogens is 355 g/mol. The highest BCUT2D eigenvalue weighted by Gasteiger charge is 2.09. The maximum absolute atomic E-state index is 11.9. The predicted molar refractivity (Wildman–Crippen MR) is 89.2 cm³/mol. The second-order valence-electron chi connectivity index (χ2n) is 4.97. The van der Waals surface area contributed by atoms with Crippen molar-refractivity contribution in [2.45, 2.75) is 19.8 Å². The Bertz CT molecular complexity index is 733. The van der Waals surface area contributed by atoms with Crippen LogP contribution in [0.15, 0.2) is 22.7 Å². The summed E-state index contributed by atoms with van der Waals surface area (Å²) >= 11 is 11.7. The second-order valence-corrected chi connectivity index (χ2v) is 5.78. The Morgan fingerprint density at radius 1 is 1.17 bits per heavy atom. The maximum atomic E-state index is 11.9. The number of nitrogens with zero attached hydrogens (tertiary/aromatic N) is 2. The van der Waals surface area contributed by atoms with E-state index in [9.17, 15) is 9.59 Å². The van der Waals surface area contributed by atoms with Crippen LogP contribution in [0, 0.1) is 6.92 Å². The van der Waals surface area contributed by atoms with Gasteiger partial charge in [-0.15, -0.1) is 0 Å². The molecule has 1 heterocycles. The normalized spacial score (nSPS) is 10.5. The third-order valence-electron chi connectivity index (χ3n) is 3.05. The molecule has 0 bridgehead atoms. The highest BCUT2D eigenvalue weighted by Crippen LogP contribution is 2.22. The molecule has 0 aliphatic rings. The van der Waals surface area contributed by atoms with Crippen LogP contribution < -0.4 is 10.6 Å².